The molecule has 35 heavy (non-hydrogen) atoms. The van der Waals surface area contributed by atoms with Crippen molar-refractivity contribution in [2.75, 3.05) is 61.9 Å². The number of sulfonamides is 1. The zero-order valence-electron chi connectivity index (χ0n) is 19.9. The average molecular weight is 501 g/mol. The SMILES string of the molecule is COc1ccc(N2CCN(S(=O)(=O)CCCNC(=O)C3CC(=O)N(c4ccccc4)C3)CC2)cc1. The van der Waals surface area contributed by atoms with Crippen molar-refractivity contribution in [2.45, 2.75) is 12.8 Å². The number of carbonyl (C=O) groups excluding carboxylic acids is 2. The fraction of sp³-hybridized carbons (Fsp3) is 0.440. The maximum Gasteiger partial charge on any atom is 0.227 e. The molecule has 10 heteroatoms. The predicted octanol–water partition coefficient (Wildman–Crippen LogP) is 1.71. The van der Waals surface area contributed by atoms with Crippen LogP contribution in [-0.4, -0.2) is 76.7 Å². The largest absolute Gasteiger partial charge is 0.497 e. The van der Waals surface area contributed by atoms with Crippen LogP contribution in [-0.2, 0) is 19.6 Å². The maximum atomic E-state index is 12.8. The highest BCUT2D eigenvalue weighted by Crippen LogP contribution is 2.25. The van der Waals surface area contributed by atoms with Crippen molar-refractivity contribution in [1.29, 1.82) is 0 Å². The van der Waals surface area contributed by atoms with Gasteiger partial charge in [0, 0.05) is 57.1 Å². The van der Waals surface area contributed by atoms with Gasteiger partial charge in [-0.2, -0.15) is 4.31 Å². The van der Waals surface area contributed by atoms with Crippen molar-refractivity contribution >= 4 is 33.2 Å². The molecule has 1 unspecified atom stereocenters. The van der Waals surface area contributed by atoms with E-state index in [2.05, 4.69) is 10.2 Å². The Morgan fingerprint density at radius 2 is 1.69 bits per heavy atom. The predicted molar refractivity (Wildman–Crippen MR) is 135 cm³/mol. The van der Waals surface area contributed by atoms with Gasteiger partial charge < -0.3 is 19.9 Å². The summed E-state index contributed by atoms with van der Waals surface area (Å²) in [4.78, 5) is 28.6. The van der Waals surface area contributed by atoms with Gasteiger partial charge in [0.15, 0.2) is 0 Å². The number of hydrogen-bond donors (Lipinski definition) is 1. The van der Waals surface area contributed by atoms with Gasteiger partial charge in [-0.05, 0) is 42.8 Å². The van der Waals surface area contributed by atoms with E-state index < -0.39 is 15.9 Å². The molecule has 0 radical (unpaired) electrons. The molecule has 4 rings (SSSR count). The van der Waals surface area contributed by atoms with Gasteiger partial charge in [0.1, 0.15) is 5.75 Å². The summed E-state index contributed by atoms with van der Waals surface area (Å²) in [6, 6.07) is 17.0. The zero-order valence-corrected chi connectivity index (χ0v) is 20.7. The molecule has 2 aromatic carbocycles. The summed E-state index contributed by atoms with van der Waals surface area (Å²) in [5.41, 5.74) is 1.83. The smallest absolute Gasteiger partial charge is 0.227 e. The normalized spacial score (nSPS) is 19.1. The lowest BCUT2D eigenvalue weighted by atomic mass is 10.1. The lowest BCUT2D eigenvalue weighted by Crippen LogP contribution is -2.49. The Morgan fingerprint density at radius 1 is 1.00 bits per heavy atom. The molecule has 0 aliphatic carbocycles. The summed E-state index contributed by atoms with van der Waals surface area (Å²) in [6.45, 7) is 2.71. The number of anilines is 2. The van der Waals surface area contributed by atoms with Crippen molar-refractivity contribution < 1.29 is 22.7 Å². The number of nitrogens with zero attached hydrogens (tertiary/aromatic N) is 3. The fourth-order valence-corrected chi connectivity index (χ4v) is 5.98. The first-order chi connectivity index (χ1) is 16.9. The van der Waals surface area contributed by atoms with Crippen LogP contribution in [0.25, 0.3) is 0 Å². The maximum absolute atomic E-state index is 12.8. The molecule has 2 amide bonds. The summed E-state index contributed by atoms with van der Waals surface area (Å²) < 4.78 is 32.3. The first-order valence-corrected chi connectivity index (χ1v) is 13.5. The van der Waals surface area contributed by atoms with E-state index in [0.717, 1.165) is 17.1 Å². The minimum Gasteiger partial charge on any atom is -0.497 e. The van der Waals surface area contributed by atoms with E-state index in [-0.39, 0.29) is 30.5 Å². The Hall–Kier alpha value is -3.11. The van der Waals surface area contributed by atoms with E-state index in [0.29, 0.717) is 39.1 Å². The molecule has 1 N–H and O–H groups in total. The second-order valence-corrected chi connectivity index (χ2v) is 10.9. The van der Waals surface area contributed by atoms with Gasteiger partial charge in [-0.1, -0.05) is 18.2 Å². The molecule has 9 nitrogen and oxygen atoms in total. The van der Waals surface area contributed by atoms with Crippen molar-refractivity contribution in [1.82, 2.24) is 9.62 Å². The zero-order chi connectivity index (χ0) is 24.8. The number of ether oxygens (including phenoxy) is 1. The van der Waals surface area contributed by atoms with Gasteiger partial charge in [-0.25, -0.2) is 8.42 Å². The van der Waals surface area contributed by atoms with Crippen molar-refractivity contribution in [3.63, 3.8) is 0 Å². The minimum atomic E-state index is -3.40. The molecule has 2 aliphatic rings. The molecule has 0 bridgehead atoms. The van der Waals surface area contributed by atoms with Crippen LogP contribution in [0.4, 0.5) is 11.4 Å². The number of amides is 2. The highest BCUT2D eigenvalue weighted by molar-refractivity contribution is 7.89. The average Bonchev–Trinajstić information content (AvgIpc) is 3.29. The number of carbonyl (C=O) groups is 2. The molecule has 2 aliphatic heterocycles. The number of rotatable bonds is 9. The topological polar surface area (TPSA) is 99.3 Å². The second-order valence-electron chi connectivity index (χ2n) is 8.79. The standard InChI is InChI=1S/C25H32N4O5S/c1-34-23-10-8-21(9-11-23)27-13-15-28(16-14-27)35(32,33)17-5-12-26-25(31)20-18-24(30)29(19-20)22-6-3-2-4-7-22/h2-4,6-11,20H,5,12-19H2,1H3,(H,26,31). The minimum absolute atomic E-state index is 0.0183. The number of methoxy groups -OCH3 is 1. The first-order valence-electron chi connectivity index (χ1n) is 11.9. The highest BCUT2D eigenvalue weighted by atomic mass is 32.2. The number of benzene rings is 2. The van der Waals surface area contributed by atoms with Crippen LogP contribution in [0.5, 0.6) is 5.75 Å². The van der Waals surface area contributed by atoms with E-state index >= 15 is 0 Å². The van der Waals surface area contributed by atoms with Crippen molar-refractivity contribution in [3.05, 3.63) is 54.6 Å². The Bertz CT molecular complexity index is 1120. The molecule has 188 valence electrons. The first kappa shape index (κ1) is 25.0. The van der Waals surface area contributed by atoms with Crippen LogP contribution < -0.4 is 19.9 Å². The van der Waals surface area contributed by atoms with Crippen LogP contribution in [0.15, 0.2) is 54.6 Å². The third kappa shape index (κ3) is 6.12. The third-order valence-electron chi connectivity index (χ3n) is 6.51. The van der Waals surface area contributed by atoms with E-state index in [1.165, 1.54) is 4.31 Å². The number of hydrogen-bond acceptors (Lipinski definition) is 6. The van der Waals surface area contributed by atoms with Crippen molar-refractivity contribution in [3.8, 4) is 5.75 Å². The Labute approximate surface area is 206 Å². The molecular formula is C25H32N4O5S. The quantitative estimate of drug-likeness (QED) is 0.527. The van der Waals surface area contributed by atoms with Gasteiger partial charge >= 0.3 is 0 Å². The molecule has 2 fully saturated rings. The van der Waals surface area contributed by atoms with E-state index in [4.69, 9.17) is 4.74 Å². The van der Waals surface area contributed by atoms with Gasteiger partial charge in [0.25, 0.3) is 0 Å². The number of piperazine rings is 1. The number of nitrogens with one attached hydrogen (secondary N) is 1. The number of para-hydroxylation sites is 1. The van der Waals surface area contributed by atoms with E-state index in [1.54, 1.807) is 12.0 Å². The van der Waals surface area contributed by atoms with Crippen LogP contribution in [0.3, 0.4) is 0 Å². The van der Waals surface area contributed by atoms with Crippen LogP contribution in [0.2, 0.25) is 0 Å². The van der Waals surface area contributed by atoms with E-state index in [1.807, 2.05) is 54.6 Å². The summed E-state index contributed by atoms with van der Waals surface area (Å²) in [7, 11) is -1.77. The molecule has 2 aromatic rings. The summed E-state index contributed by atoms with van der Waals surface area (Å²) in [6.07, 6.45) is 0.493. The molecule has 2 heterocycles. The van der Waals surface area contributed by atoms with E-state index in [9.17, 15) is 18.0 Å². The Balaban J connectivity index is 1.19. The van der Waals surface area contributed by atoms with Gasteiger partial charge in [-0.3, -0.25) is 9.59 Å². The molecule has 0 saturated carbocycles. The van der Waals surface area contributed by atoms with Crippen LogP contribution in [0, 0.1) is 5.92 Å². The summed E-state index contributed by atoms with van der Waals surface area (Å²) >= 11 is 0. The third-order valence-corrected chi connectivity index (χ3v) is 8.47. The lowest BCUT2D eigenvalue weighted by molar-refractivity contribution is -0.126. The second kappa shape index (κ2) is 11.1. The van der Waals surface area contributed by atoms with Gasteiger partial charge in [0.05, 0.1) is 18.8 Å². The van der Waals surface area contributed by atoms with Crippen molar-refractivity contribution in [2.24, 2.45) is 5.92 Å². The van der Waals surface area contributed by atoms with Crippen LogP contribution >= 0.6 is 0 Å². The Morgan fingerprint density at radius 3 is 2.34 bits per heavy atom. The summed E-state index contributed by atoms with van der Waals surface area (Å²) in [5.74, 6) is 0.0608. The molecule has 0 aromatic heterocycles. The highest BCUT2D eigenvalue weighted by Gasteiger charge is 2.35. The lowest BCUT2D eigenvalue weighted by Gasteiger charge is -2.35. The molecule has 1 atom stereocenters. The molecule has 0 spiro atoms. The fourth-order valence-electron chi connectivity index (χ4n) is 4.50. The van der Waals surface area contributed by atoms with Gasteiger partial charge in [0.2, 0.25) is 21.8 Å². The molecular weight excluding hydrogens is 468 g/mol. The summed E-state index contributed by atoms with van der Waals surface area (Å²) in [5, 5.41) is 2.81. The van der Waals surface area contributed by atoms with Gasteiger partial charge in [-0.15, -0.1) is 0 Å². The Kier molecular flexibility index (Phi) is 7.92. The molecule has 2 saturated heterocycles. The van der Waals surface area contributed by atoms with Crippen LogP contribution in [0.1, 0.15) is 12.8 Å². The monoisotopic (exact) mass is 500 g/mol.